The second-order valence-electron chi connectivity index (χ2n) is 5.25. The van der Waals surface area contributed by atoms with Crippen molar-refractivity contribution in [3.05, 3.63) is 79.2 Å². The summed E-state index contributed by atoms with van der Waals surface area (Å²) in [5, 5.41) is 10.5. The van der Waals surface area contributed by atoms with Crippen LogP contribution in [0.1, 0.15) is 11.1 Å². The molecule has 6 nitrogen and oxygen atoms in total. The maximum Gasteiger partial charge on any atom is 0.293 e. The molecule has 0 aliphatic carbocycles. The molecule has 1 aliphatic rings. The van der Waals surface area contributed by atoms with E-state index in [-0.39, 0.29) is 22.4 Å². The van der Waals surface area contributed by atoms with Crippen LogP contribution in [0.15, 0.2) is 57.9 Å². The number of carbonyl (C=O) groups is 2. The smallest absolute Gasteiger partial charge is 0.268 e. The summed E-state index contributed by atoms with van der Waals surface area (Å²) >= 11 is 4.19. The fourth-order valence-corrected chi connectivity index (χ4v) is 3.62. The monoisotopic (exact) mass is 418 g/mol. The number of halogens is 1. The van der Waals surface area contributed by atoms with E-state index in [0.717, 1.165) is 26.7 Å². The lowest BCUT2D eigenvalue weighted by atomic mass is 10.2. The van der Waals surface area contributed by atoms with E-state index in [4.69, 9.17) is 0 Å². The van der Waals surface area contributed by atoms with Gasteiger partial charge in [-0.1, -0.05) is 40.2 Å². The Bertz CT molecular complexity index is 913. The number of carbonyl (C=O) groups excluding carboxylic acids is 2. The summed E-state index contributed by atoms with van der Waals surface area (Å²) in [6, 6.07) is 13.3. The Morgan fingerprint density at radius 1 is 1.16 bits per heavy atom. The molecule has 1 heterocycles. The molecule has 0 aromatic heterocycles. The Hall–Kier alpha value is -2.45. The van der Waals surface area contributed by atoms with Gasteiger partial charge in [-0.15, -0.1) is 0 Å². The van der Waals surface area contributed by atoms with Crippen LogP contribution in [0.4, 0.5) is 10.5 Å². The molecule has 0 N–H and O–H groups in total. The summed E-state index contributed by atoms with van der Waals surface area (Å²) in [5.74, 6) is -0.401. The minimum Gasteiger partial charge on any atom is -0.268 e. The van der Waals surface area contributed by atoms with Crippen molar-refractivity contribution >= 4 is 50.6 Å². The SMILES string of the molecule is O=C1S/C(=C/c2cccc([N+](=O)[O-])c2)C(=O)N1Cc1cccc(Br)c1. The van der Waals surface area contributed by atoms with E-state index in [1.165, 1.54) is 24.3 Å². The minimum absolute atomic E-state index is 0.0675. The average molecular weight is 419 g/mol. The highest BCUT2D eigenvalue weighted by molar-refractivity contribution is 9.10. The van der Waals surface area contributed by atoms with Crippen LogP contribution in [0.5, 0.6) is 0 Å². The van der Waals surface area contributed by atoms with Gasteiger partial charge in [-0.2, -0.15) is 0 Å². The predicted molar refractivity (Wildman–Crippen MR) is 98.8 cm³/mol. The van der Waals surface area contributed by atoms with Crippen molar-refractivity contribution in [3.8, 4) is 0 Å². The summed E-state index contributed by atoms with van der Waals surface area (Å²) in [6.07, 6.45) is 1.50. The van der Waals surface area contributed by atoms with Gasteiger partial charge in [-0.05, 0) is 41.1 Å². The molecule has 0 atom stereocenters. The van der Waals surface area contributed by atoms with E-state index in [1.54, 1.807) is 6.07 Å². The molecular formula is C17H11BrN2O4S. The lowest BCUT2D eigenvalue weighted by Crippen LogP contribution is -2.27. The largest absolute Gasteiger partial charge is 0.293 e. The van der Waals surface area contributed by atoms with E-state index in [0.29, 0.717) is 5.56 Å². The summed E-state index contributed by atoms with van der Waals surface area (Å²) in [5.41, 5.74) is 1.26. The number of hydrogen-bond acceptors (Lipinski definition) is 5. The Kier molecular flexibility index (Phi) is 5.00. The molecule has 8 heteroatoms. The molecule has 0 bridgehead atoms. The van der Waals surface area contributed by atoms with Gasteiger partial charge in [0.05, 0.1) is 16.4 Å². The molecule has 2 aromatic rings. The lowest BCUT2D eigenvalue weighted by molar-refractivity contribution is -0.384. The van der Waals surface area contributed by atoms with E-state index in [1.807, 2.05) is 24.3 Å². The van der Waals surface area contributed by atoms with E-state index < -0.39 is 10.8 Å². The second kappa shape index (κ2) is 7.20. The summed E-state index contributed by atoms with van der Waals surface area (Å²) in [7, 11) is 0. The molecule has 0 radical (unpaired) electrons. The molecule has 0 unspecified atom stereocenters. The van der Waals surface area contributed by atoms with Gasteiger partial charge in [0.15, 0.2) is 0 Å². The van der Waals surface area contributed by atoms with Gasteiger partial charge < -0.3 is 0 Å². The number of non-ortho nitro benzene ring substituents is 1. The quantitative estimate of drug-likeness (QED) is 0.411. The average Bonchev–Trinajstić information content (AvgIpc) is 2.83. The van der Waals surface area contributed by atoms with Crippen molar-refractivity contribution in [1.29, 1.82) is 0 Å². The number of hydrogen-bond donors (Lipinski definition) is 0. The van der Waals surface area contributed by atoms with Gasteiger partial charge in [0.2, 0.25) is 0 Å². The normalized spacial score (nSPS) is 15.9. The molecule has 2 aromatic carbocycles. The molecule has 1 aliphatic heterocycles. The van der Waals surface area contributed by atoms with Crippen molar-refractivity contribution < 1.29 is 14.5 Å². The third kappa shape index (κ3) is 3.97. The molecule has 126 valence electrons. The molecule has 0 saturated carbocycles. The van der Waals surface area contributed by atoms with Gasteiger partial charge >= 0.3 is 0 Å². The first-order chi connectivity index (χ1) is 11.9. The molecule has 25 heavy (non-hydrogen) atoms. The van der Waals surface area contributed by atoms with E-state index in [2.05, 4.69) is 15.9 Å². The van der Waals surface area contributed by atoms with Crippen LogP contribution in [0.3, 0.4) is 0 Å². The number of nitro benzene ring substituents is 1. The van der Waals surface area contributed by atoms with Crippen molar-refractivity contribution in [2.75, 3.05) is 0 Å². The van der Waals surface area contributed by atoms with Gasteiger partial charge in [-0.25, -0.2) is 0 Å². The van der Waals surface area contributed by atoms with Crippen LogP contribution >= 0.6 is 27.7 Å². The molecule has 0 spiro atoms. The number of amides is 2. The maximum absolute atomic E-state index is 12.5. The number of benzene rings is 2. The van der Waals surface area contributed by atoms with Gasteiger partial charge in [0, 0.05) is 16.6 Å². The van der Waals surface area contributed by atoms with Crippen LogP contribution in [0.25, 0.3) is 6.08 Å². The number of rotatable bonds is 4. The molecule has 3 rings (SSSR count). The van der Waals surface area contributed by atoms with Crippen LogP contribution in [0, 0.1) is 10.1 Å². The standard InChI is InChI=1S/C17H11BrN2O4S/c18-13-5-1-4-12(7-13)10-19-16(21)15(25-17(19)22)9-11-3-2-6-14(8-11)20(23)24/h1-9H,10H2/b15-9+. The highest BCUT2D eigenvalue weighted by Crippen LogP contribution is 2.33. The first-order valence-corrected chi connectivity index (χ1v) is 8.79. The van der Waals surface area contributed by atoms with Crippen molar-refractivity contribution in [2.24, 2.45) is 0 Å². The zero-order chi connectivity index (χ0) is 18.0. The van der Waals surface area contributed by atoms with E-state index >= 15 is 0 Å². The highest BCUT2D eigenvalue weighted by Gasteiger charge is 2.35. The summed E-state index contributed by atoms with van der Waals surface area (Å²) in [6.45, 7) is 0.177. The van der Waals surface area contributed by atoms with Crippen molar-refractivity contribution in [2.45, 2.75) is 6.54 Å². The third-order valence-electron chi connectivity index (χ3n) is 3.48. The zero-order valence-electron chi connectivity index (χ0n) is 12.7. The van der Waals surface area contributed by atoms with Gasteiger partial charge in [0.1, 0.15) is 0 Å². The number of thioether (sulfide) groups is 1. The topological polar surface area (TPSA) is 80.5 Å². The van der Waals surface area contributed by atoms with Crippen LogP contribution in [0.2, 0.25) is 0 Å². The van der Waals surface area contributed by atoms with Crippen LogP contribution in [-0.4, -0.2) is 21.0 Å². The Morgan fingerprint density at radius 2 is 1.92 bits per heavy atom. The maximum atomic E-state index is 12.5. The highest BCUT2D eigenvalue weighted by atomic mass is 79.9. The molecule has 1 fully saturated rings. The lowest BCUT2D eigenvalue weighted by Gasteiger charge is -2.12. The first-order valence-electron chi connectivity index (χ1n) is 7.18. The molecule has 1 saturated heterocycles. The van der Waals surface area contributed by atoms with Crippen molar-refractivity contribution in [1.82, 2.24) is 4.90 Å². The van der Waals surface area contributed by atoms with Gasteiger partial charge in [0.25, 0.3) is 16.8 Å². The third-order valence-corrected chi connectivity index (χ3v) is 4.88. The van der Waals surface area contributed by atoms with Crippen molar-refractivity contribution in [3.63, 3.8) is 0 Å². The van der Waals surface area contributed by atoms with Crippen LogP contribution < -0.4 is 0 Å². The fraction of sp³-hybridized carbons (Fsp3) is 0.0588. The second-order valence-corrected chi connectivity index (χ2v) is 7.16. The Labute approximate surface area is 155 Å². The zero-order valence-corrected chi connectivity index (χ0v) is 15.1. The molecule has 2 amide bonds. The minimum atomic E-state index is -0.504. The fourth-order valence-electron chi connectivity index (χ4n) is 2.33. The Morgan fingerprint density at radius 3 is 2.64 bits per heavy atom. The predicted octanol–water partition coefficient (Wildman–Crippen LogP) is 4.59. The Balaban J connectivity index is 1.83. The van der Waals surface area contributed by atoms with E-state index in [9.17, 15) is 19.7 Å². The summed E-state index contributed by atoms with van der Waals surface area (Å²) < 4.78 is 0.865. The summed E-state index contributed by atoms with van der Waals surface area (Å²) in [4.78, 5) is 36.4. The first kappa shape index (κ1) is 17.4. The number of imide groups is 1. The molecular weight excluding hydrogens is 408 g/mol. The van der Waals surface area contributed by atoms with Crippen LogP contribution in [-0.2, 0) is 11.3 Å². The number of nitro groups is 1. The van der Waals surface area contributed by atoms with Gasteiger partial charge in [-0.3, -0.25) is 24.6 Å². The number of nitrogens with zero attached hydrogens (tertiary/aromatic N) is 2.